The minimum absolute atomic E-state index is 0.226. The lowest BCUT2D eigenvalue weighted by Gasteiger charge is -2.19. The van der Waals surface area contributed by atoms with E-state index in [1.807, 2.05) is 6.07 Å². The second kappa shape index (κ2) is 7.57. The number of nitro groups is 1. The van der Waals surface area contributed by atoms with Gasteiger partial charge in [0.2, 0.25) is 0 Å². The monoisotopic (exact) mass is 283 g/mol. The number of rotatable bonds is 6. The van der Waals surface area contributed by atoms with Crippen LogP contribution in [0.2, 0.25) is 0 Å². The van der Waals surface area contributed by atoms with Gasteiger partial charge in [-0.25, -0.2) is 0 Å². The molecule has 6 heteroatoms. The molecule has 2 rings (SSSR count). The van der Waals surface area contributed by atoms with Gasteiger partial charge in [0.15, 0.2) is 0 Å². The SMILES string of the molecule is O=[N+]([O-])c1ccc(CNCCN2CCCCCC2)s1. The summed E-state index contributed by atoms with van der Waals surface area (Å²) in [6.45, 7) is 5.18. The zero-order valence-electron chi connectivity index (χ0n) is 11.1. The number of thiophene rings is 1. The smallest absolute Gasteiger partial charge is 0.311 e. The van der Waals surface area contributed by atoms with Crippen LogP contribution >= 0.6 is 11.3 Å². The Balaban J connectivity index is 1.64. The molecule has 1 fully saturated rings. The summed E-state index contributed by atoms with van der Waals surface area (Å²) in [5.41, 5.74) is 0. The van der Waals surface area contributed by atoms with E-state index in [-0.39, 0.29) is 9.92 Å². The molecule has 106 valence electrons. The zero-order valence-corrected chi connectivity index (χ0v) is 12.0. The van der Waals surface area contributed by atoms with Crippen molar-refractivity contribution in [1.29, 1.82) is 0 Å². The van der Waals surface area contributed by atoms with Crippen molar-refractivity contribution in [3.63, 3.8) is 0 Å². The standard InChI is InChI=1S/C13H21N3O2S/c17-16(18)13-6-5-12(19-13)11-14-7-10-15-8-3-1-2-4-9-15/h5-6,14H,1-4,7-11H2. The first-order valence-electron chi connectivity index (χ1n) is 6.92. The van der Waals surface area contributed by atoms with Gasteiger partial charge >= 0.3 is 5.00 Å². The number of nitrogens with zero attached hydrogens (tertiary/aromatic N) is 2. The molecule has 0 aromatic carbocycles. The topological polar surface area (TPSA) is 58.4 Å². The summed E-state index contributed by atoms with van der Waals surface area (Å²) in [5, 5.41) is 14.2. The van der Waals surface area contributed by atoms with Gasteiger partial charge in [0.05, 0.1) is 4.92 Å². The molecule has 0 aliphatic carbocycles. The van der Waals surface area contributed by atoms with Gasteiger partial charge in [-0.2, -0.15) is 0 Å². The quantitative estimate of drug-likeness (QED) is 0.495. The van der Waals surface area contributed by atoms with Crippen molar-refractivity contribution in [2.75, 3.05) is 26.2 Å². The van der Waals surface area contributed by atoms with Crippen molar-refractivity contribution in [3.05, 3.63) is 27.1 Å². The van der Waals surface area contributed by atoms with Gasteiger partial charge in [-0.1, -0.05) is 24.2 Å². The largest absolute Gasteiger partial charge is 0.324 e. The van der Waals surface area contributed by atoms with E-state index in [9.17, 15) is 10.1 Å². The molecule has 1 aliphatic heterocycles. The Labute approximate surface area is 117 Å². The molecule has 0 amide bonds. The van der Waals surface area contributed by atoms with E-state index in [1.165, 1.54) is 50.1 Å². The molecule has 0 bridgehead atoms. The van der Waals surface area contributed by atoms with E-state index in [0.717, 1.165) is 24.5 Å². The first kappa shape index (κ1) is 14.4. The molecule has 5 nitrogen and oxygen atoms in total. The van der Waals surface area contributed by atoms with Crippen LogP contribution in [0.3, 0.4) is 0 Å². The van der Waals surface area contributed by atoms with Crippen molar-refractivity contribution in [2.45, 2.75) is 32.2 Å². The van der Waals surface area contributed by atoms with Crippen LogP contribution in [0.4, 0.5) is 5.00 Å². The fraction of sp³-hybridized carbons (Fsp3) is 0.692. The van der Waals surface area contributed by atoms with Gasteiger partial charge in [-0.15, -0.1) is 0 Å². The van der Waals surface area contributed by atoms with Crippen LogP contribution in [0.25, 0.3) is 0 Å². The van der Waals surface area contributed by atoms with Crippen molar-refractivity contribution >= 4 is 16.3 Å². The summed E-state index contributed by atoms with van der Waals surface area (Å²) in [6, 6.07) is 3.41. The number of hydrogen-bond donors (Lipinski definition) is 1. The van der Waals surface area contributed by atoms with Gasteiger partial charge in [-0.05, 0) is 32.0 Å². The first-order chi connectivity index (χ1) is 9.25. The van der Waals surface area contributed by atoms with Crippen molar-refractivity contribution in [2.24, 2.45) is 0 Å². The van der Waals surface area contributed by atoms with Crippen LogP contribution < -0.4 is 5.32 Å². The van der Waals surface area contributed by atoms with E-state index in [0.29, 0.717) is 0 Å². The summed E-state index contributed by atoms with van der Waals surface area (Å²) in [4.78, 5) is 13.8. The van der Waals surface area contributed by atoms with Crippen LogP contribution in [-0.2, 0) is 6.54 Å². The summed E-state index contributed by atoms with van der Waals surface area (Å²) in [7, 11) is 0. The second-order valence-corrected chi connectivity index (χ2v) is 6.08. The third-order valence-electron chi connectivity index (χ3n) is 3.43. The van der Waals surface area contributed by atoms with Gasteiger partial charge in [0.25, 0.3) is 0 Å². The zero-order chi connectivity index (χ0) is 13.5. The maximum absolute atomic E-state index is 10.6. The first-order valence-corrected chi connectivity index (χ1v) is 7.73. The van der Waals surface area contributed by atoms with E-state index >= 15 is 0 Å². The number of hydrogen-bond acceptors (Lipinski definition) is 5. The molecule has 0 radical (unpaired) electrons. The van der Waals surface area contributed by atoms with E-state index in [2.05, 4.69) is 10.2 Å². The Morgan fingerprint density at radius 2 is 2.00 bits per heavy atom. The highest BCUT2D eigenvalue weighted by atomic mass is 32.1. The molecule has 0 unspecified atom stereocenters. The van der Waals surface area contributed by atoms with Gasteiger partial charge in [0.1, 0.15) is 0 Å². The van der Waals surface area contributed by atoms with Crippen LogP contribution in [0.1, 0.15) is 30.6 Å². The molecule has 1 saturated heterocycles. The lowest BCUT2D eigenvalue weighted by molar-refractivity contribution is -0.380. The molecular formula is C13H21N3O2S. The minimum atomic E-state index is -0.328. The molecule has 0 spiro atoms. The molecule has 19 heavy (non-hydrogen) atoms. The van der Waals surface area contributed by atoms with Crippen LogP contribution in [0, 0.1) is 10.1 Å². The second-order valence-electron chi connectivity index (χ2n) is 4.93. The number of likely N-dealkylation sites (tertiary alicyclic amines) is 1. The molecule has 0 atom stereocenters. The van der Waals surface area contributed by atoms with E-state index in [4.69, 9.17) is 0 Å². The highest BCUT2D eigenvalue weighted by Gasteiger charge is 2.10. The maximum Gasteiger partial charge on any atom is 0.324 e. The highest BCUT2D eigenvalue weighted by molar-refractivity contribution is 7.15. The van der Waals surface area contributed by atoms with Crippen molar-refractivity contribution in [3.8, 4) is 0 Å². The predicted octanol–water partition coefficient (Wildman–Crippen LogP) is 2.62. The van der Waals surface area contributed by atoms with Crippen LogP contribution in [0.15, 0.2) is 12.1 Å². The van der Waals surface area contributed by atoms with Gasteiger partial charge in [0, 0.05) is 30.6 Å². The Morgan fingerprint density at radius 1 is 1.26 bits per heavy atom. The fourth-order valence-electron chi connectivity index (χ4n) is 2.37. The maximum atomic E-state index is 10.6. The number of nitrogens with one attached hydrogen (secondary N) is 1. The van der Waals surface area contributed by atoms with E-state index < -0.39 is 0 Å². The van der Waals surface area contributed by atoms with Crippen LogP contribution in [0.5, 0.6) is 0 Å². The lowest BCUT2D eigenvalue weighted by Crippen LogP contribution is -2.32. The Bertz CT molecular complexity index is 400. The van der Waals surface area contributed by atoms with Gasteiger partial charge < -0.3 is 10.2 Å². The van der Waals surface area contributed by atoms with E-state index in [1.54, 1.807) is 6.07 Å². The minimum Gasteiger partial charge on any atom is -0.311 e. The molecule has 1 aromatic heterocycles. The summed E-state index contributed by atoms with van der Waals surface area (Å²) in [5.74, 6) is 0. The molecule has 1 N–H and O–H groups in total. The Morgan fingerprint density at radius 3 is 2.63 bits per heavy atom. The summed E-state index contributed by atoms with van der Waals surface area (Å²) in [6.07, 6.45) is 5.36. The summed E-state index contributed by atoms with van der Waals surface area (Å²) >= 11 is 1.26. The fourth-order valence-corrected chi connectivity index (χ4v) is 3.16. The molecule has 0 saturated carbocycles. The molecule has 2 heterocycles. The highest BCUT2D eigenvalue weighted by Crippen LogP contribution is 2.23. The third kappa shape index (κ3) is 4.89. The average molecular weight is 283 g/mol. The molecular weight excluding hydrogens is 262 g/mol. The molecule has 1 aliphatic rings. The molecule has 1 aromatic rings. The predicted molar refractivity (Wildman–Crippen MR) is 77.6 cm³/mol. The Kier molecular flexibility index (Phi) is 5.75. The van der Waals surface area contributed by atoms with Crippen LogP contribution in [-0.4, -0.2) is 36.0 Å². The van der Waals surface area contributed by atoms with Crippen molar-refractivity contribution in [1.82, 2.24) is 10.2 Å². The third-order valence-corrected chi connectivity index (χ3v) is 4.47. The van der Waals surface area contributed by atoms with Gasteiger partial charge in [-0.3, -0.25) is 10.1 Å². The Hall–Kier alpha value is -0.980. The summed E-state index contributed by atoms with van der Waals surface area (Å²) < 4.78 is 0. The average Bonchev–Trinajstić information content (AvgIpc) is 2.72. The lowest BCUT2D eigenvalue weighted by atomic mass is 10.2. The normalized spacial score (nSPS) is 17.3. The van der Waals surface area contributed by atoms with Crippen molar-refractivity contribution < 1.29 is 4.92 Å².